The van der Waals surface area contributed by atoms with Crippen LogP contribution in [0.25, 0.3) is 10.8 Å². The summed E-state index contributed by atoms with van der Waals surface area (Å²) in [4.78, 5) is 23.7. The second-order valence-corrected chi connectivity index (χ2v) is 7.21. The molecule has 0 aliphatic carbocycles. The third-order valence-corrected chi connectivity index (χ3v) is 4.96. The highest BCUT2D eigenvalue weighted by atomic mass is 32.2. The topological polar surface area (TPSA) is 67.4 Å². The van der Waals surface area contributed by atoms with E-state index in [-0.39, 0.29) is 29.0 Å². The summed E-state index contributed by atoms with van der Waals surface area (Å²) in [6.07, 6.45) is 0. The maximum atomic E-state index is 13.5. The predicted molar refractivity (Wildman–Crippen MR) is 115 cm³/mol. The van der Waals surface area contributed by atoms with Gasteiger partial charge in [0.2, 0.25) is 11.8 Å². The van der Waals surface area contributed by atoms with E-state index in [1.807, 2.05) is 42.5 Å². The van der Waals surface area contributed by atoms with Crippen molar-refractivity contribution >= 4 is 40.0 Å². The molecule has 0 fully saturated rings. The second kappa shape index (κ2) is 10.5. The van der Waals surface area contributed by atoms with Gasteiger partial charge in [-0.05, 0) is 35.0 Å². The molecule has 0 saturated heterocycles. The molecule has 0 aliphatic heterocycles. The van der Waals surface area contributed by atoms with Gasteiger partial charge in [-0.2, -0.15) is 0 Å². The van der Waals surface area contributed by atoms with E-state index in [4.69, 9.17) is 4.74 Å². The number of benzene rings is 3. The minimum Gasteiger partial charge on any atom is -0.492 e. The fraction of sp³-hybridized carbons (Fsp3) is 0.182. The lowest BCUT2D eigenvalue weighted by Gasteiger charge is -2.09. The molecule has 0 radical (unpaired) electrons. The smallest absolute Gasteiger partial charge is 0.234 e. The number of halogens is 1. The summed E-state index contributed by atoms with van der Waals surface area (Å²) in [6, 6.07) is 19.8. The van der Waals surface area contributed by atoms with Gasteiger partial charge in [0.1, 0.15) is 18.2 Å². The lowest BCUT2D eigenvalue weighted by Crippen LogP contribution is -2.30. The first-order chi connectivity index (χ1) is 14.1. The largest absolute Gasteiger partial charge is 0.492 e. The standard InChI is InChI=1S/C22H21FN2O3S/c23-19-7-3-4-8-20(19)25-22(27)15-29-14-21(26)24-11-12-28-18-10-9-16-5-1-2-6-17(16)13-18/h1-10,13H,11-12,14-15H2,(H,24,26)(H,25,27). The van der Waals surface area contributed by atoms with E-state index in [2.05, 4.69) is 10.6 Å². The minimum atomic E-state index is -0.491. The Kier molecular flexibility index (Phi) is 7.47. The van der Waals surface area contributed by atoms with Crippen molar-refractivity contribution in [1.82, 2.24) is 5.32 Å². The summed E-state index contributed by atoms with van der Waals surface area (Å²) in [5.41, 5.74) is 0.133. The Labute approximate surface area is 172 Å². The number of carbonyl (C=O) groups is 2. The van der Waals surface area contributed by atoms with Gasteiger partial charge in [-0.1, -0.05) is 42.5 Å². The van der Waals surface area contributed by atoms with Crippen LogP contribution in [0.15, 0.2) is 66.7 Å². The molecule has 2 N–H and O–H groups in total. The summed E-state index contributed by atoms with van der Waals surface area (Å²) in [5, 5.41) is 7.47. The summed E-state index contributed by atoms with van der Waals surface area (Å²) >= 11 is 1.16. The molecule has 3 aromatic carbocycles. The van der Waals surface area contributed by atoms with Crippen LogP contribution in [0.4, 0.5) is 10.1 Å². The number of anilines is 1. The highest BCUT2D eigenvalue weighted by Gasteiger charge is 2.08. The van der Waals surface area contributed by atoms with Crippen LogP contribution in [-0.2, 0) is 9.59 Å². The Morgan fingerprint density at radius 3 is 2.45 bits per heavy atom. The first-order valence-electron chi connectivity index (χ1n) is 9.12. The quantitative estimate of drug-likeness (QED) is 0.524. The second-order valence-electron chi connectivity index (χ2n) is 6.23. The van der Waals surface area contributed by atoms with E-state index in [0.717, 1.165) is 28.3 Å². The number of rotatable bonds is 9. The van der Waals surface area contributed by atoms with Crippen LogP contribution in [0.5, 0.6) is 5.75 Å². The van der Waals surface area contributed by atoms with Crippen LogP contribution >= 0.6 is 11.8 Å². The molecular weight excluding hydrogens is 391 g/mol. The third kappa shape index (κ3) is 6.50. The molecule has 29 heavy (non-hydrogen) atoms. The zero-order chi connectivity index (χ0) is 20.5. The fourth-order valence-corrected chi connectivity index (χ4v) is 3.30. The number of ether oxygens (including phenoxy) is 1. The Morgan fingerprint density at radius 1 is 0.897 bits per heavy atom. The summed E-state index contributed by atoms with van der Waals surface area (Å²) in [6.45, 7) is 0.718. The van der Waals surface area contributed by atoms with Crippen LogP contribution in [0.1, 0.15) is 0 Å². The molecule has 7 heteroatoms. The normalized spacial score (nSPS) is 10.5. The van der Waals surface area contributed by atoms with Gasteiger partial charge in [0.05, 0.1) is 23.7 Å². The van der Waals surface area contributed by atoms with Crippen molar-refractivity contribution in [2.24, 2.45) is 0 Å². The third-order valence-electron chi connectivity index (χ3n) is 4.03. The molecule has 0 unspecified atom stereocenters. The molecule has 0 saturated carbocycles. The average molecular weight is 412 g/mol. The van der Waals surface area contributed by atoms with Crippen molar-refractivity contribution in [1.29, 1.82) is 0 Å². The van der Waals surface area contributed by atoms with Gasteiger partial charge in [-0.3, -0.25) is 9.59 Å². The summed E-state index contributed by atoms with van der Waals surface area (Å²) < 4.78 is 19.1. The molecule has 0 bridgehead atoms. The SMILES string of the molecule is O=C(CSCC(=O)Nc1ccccc1F)NCCOc1ccc2ccccc2c1. The number of hydrogen-bond donors (Lipinski definition) is 2. The number of amides is 2. The average Bonchev–Trinajstić information content (AvgIpc) is 2.73. The number of nitrogens with one attached hydrogen (secondary N) is 2. The first-order valence-corrected chi connectivity index (χ1v) is 10.3. The predicted octanol–water partition coefficient (Wildman–Crippen LogP) is 3.85. The fourth-order valence-electron chi connectivity index (χ4n) is 2.65. The number of para-hydroxylation sites is 1. The van der Waals surface area contributed by atoms with E-state index in [1.54, 1.807) is 12.1 Å². The van der Waals surface area contributed by atoms with Gasteiger partial charge in [0, 0.05) is 0 Å². The monoisotopic (exact) mass is 412 g/mol. The molecule has 0 atom stereocenters. The number of thioether (sulfide) groups is 1. The number of hydrogen-bond acceptors (Lipinski definition) is 4. The van der Waals surface area contributed by atoms with Crippen LogP contribution in [0, 0.1) is 5.82 Å². The van der Waals surface area contributed by atoms with Crippen LogP contribution in [0.3, 0.4) is 0 Å². The highest BCUT2D eigenvalue weighted by molar-refractivity contribution is 8.00. The summed E-state index contributed by atoms with van der Waals surface area (Å²) in [5.74, 6) is -0.0776. The zero-order valence-electron chi connectivity index (χ0n) is 15.7. The zero-order valence-corrected chi connectivity index (χ0v) is 16.5. The van der Waals surface area contributed by atoms with Crippen LogP contribution in [-0.4, -0.2) is 36.5 Å². The van der Waals surface area contributed by atoms with E-state index >= 15 is 0 Å². The van der Waals surface area contributed by atoms with Crippen molar-refractivity contribution in [2.45, 2.75) is 0 Å². The van der Waals surface area contributed by atoms with Crippen molar-refractivity contribution in [3.05, 3.63) is 72.5 Å². The van der Waals surface area contributed by atoms with Gasteiger partial charge >= 0.3 is 0 Å². The Balaban J connectivity index is 1.30. The highest BCUT2D eigenvalue weighted by Crippen LogP contribution is 2.20. The van der Waals surface area contributed by atoms with Gasteiger partial charge in [-0.25, -0.2) is 4.39 Å². The minimum absolute atomic E-state index is 0.0648. The molecule has 3 aromatic rings. The maximum Gasteiger partial charge on any atom is 0.234 e. The molecule has 2 amide bonds. The van der Waals surface area contributed by atoms with Gasteiger partial charge in [0.15, 0.2) is 0 Å². The first kappa shape index (κ1) is 20.7. The van der Waals surface area contributed by atoms with Gasteiger partial charge in [-0.15, -0.1) is 11.8 Å². The Hall–Kier alpha value is -3.06. The van der Waals surface area contributed by atoms with Crippen molar-refractivity contribution in [2.75, 3.05) is 30.0 Å². The van der Waals surface area contributed by atoms with Crippen LogP contribution < -0.4 is 15.4 Å². The Bertz CT molecular complexity index is 996. The molecular formula is C22H21FN2O3S. The van der Waals surface area contributed by atoms with Crippen molar-refractivity contribution < 1.29 is 18.7 Å². The van der Waals surface area contributed by atoms with Gasteiger partial charge < -0.3 is 15.4 Å². The number of carbonyl (C=O) groups excluding carboxylic acids is 2. The molecule has 0 aliphatic rings. The lowest BCUT2D eigenvalue weighted by molar-refractivity contribution is -0.118. The summed E-state index contributed by atoms with van der Waals surface area (Å²) in [7, 11) is 0. The molecule has 3 rings (SSSR count). The Morgan fingerprint density at radius 2 is 1.62 bits per heavy atom. The van der Waals surface area contributed by atoms with E-state index < -0.39 is 5.82 Å². The lowest BCUT2D eigenvalue weighted by atomic mass is 10.1. The molecule has 0 heterocycles. The van der Waals surface area contributed by atoms with Crippen molar-refractivity contribution in [3.8, 4) is 5.75 Å². The van der Waals surface area contributed by atoms with Crippen molar-refractivity contribution in [3.63, 3.8) is 0 Å². The molecule has 5 nitrogen and oxygen atoms in total. The van der Waals surface area contributed by atoms with Crippen LogP contribution in [0.2, 0.25) is 0 Å². The molecule has 0 spiro atoms. The van der Waals surface area contributed by atoms with E-state index in [0.29, 0.717) is 13.2 Å². The maximum absolute atomic E-state index is 13.5. The molecule has 150 valence electrons. The van der Waals surface area contributed by atoms with E-state index in [9.17, 15) is 14.0 Å². The van der Waals surface area contributed by atoms with Gasteiger partial charge in [0.25, 0.3) is 0 Å². The number of fused-ring (bicyclic) bond motifs is 1. The van der Waals surface area contributed by atoms with E-state index in [1.165, 1.54) is 12.1 Å². The molecule has 0 aromatic heterocycles.